The molecule has 1 aromatic carbocycles. The third-order valence-electron chi connectivity index (χ3n) is 6.37. The van der Waals surface area contributed by atoms with E-state index in [4.69, 9.17) is 9.47 Å². The van der Waals surface area contributed by atoms with Gasteiger partial charge in [0.15, 0.2) is 23.1 Å². The summed E-state index contributed by atoms with van der Waals surface area (Å²) in [5, 5.41) is 0. The summed E-state index contributed by atoms with van der Waals surface area (Å²) in [6.45, 7) is 9.34. The minimum Gasteiger partial charge on any atom is -0.490 e. The van der Waals surface area contributed by atoms with Gasteiger partial charge in [-0.15, -0.1) is 0 Å². The number of Topliss-reactive ketones (excluding diaryl/α,β-unsaturated/α-hetero) is 2. The van der Waals surface area contributed by atoms with Crippen molar-refractivity contribution in [1.29, 1.82) is 0 Å². The molecule has 0 N–H and O–H groups in total. The Balaban J connectivity index is 1.90. The summed E-state index contributed by atoms with van der Waals surface area (Å²) in [6, 6.07) is 5.91. The van der Waals surface area contributed by atoms with Gasteiger partial charge in [0.1, 0.15) is 0 Å². The highest BCUT2D eigenvalue weighted by Crippen LogP contribution is 2.49. The van der Waals surface area contributed by atoms with Crippen molar-refractivity contribution in [2.75, 3.05) is 13.2 Å². The van der Waals surface area contributed by atoms with Crippen molar-refractivity contribution in [1.82, 2.24) is 4.90 Å². The first-order valence-corrected chi connectivity index (χ1v) is 11.7. The average Bonchev–Trinajstić information content (AvgIpc) is 2.74. The van der Waals surface area contributed by atoms with Crippen molar-refractivity contribution in [3.8, 4) is 11.5 Å². The van der Waals surface area contributed by atoms with E-state index >= 15 is 0 Å². The maximum Gasteiger partial charge on any atom is 0.161 e. The number of rotatable bonds is 6. The third-order valence-corrected chi connectivity index (χ3v) is 6.37. The van der Waals surface area contributed by atoms with Gasteiger partial charge in [-0.2, -0.15) is 0 Å². The van der Waals surface area contributed by atoms with Crippen LogP contribution in [0.5, 0.6) is 11.5 Å². The summed E-state index contributed by atoms with van der Waals surface area (Å²) in [7, 11) is 0. The van der Waals surface area contributed by atoms with Gasteiger partial charge in [0.25, 0.3) is 0 Å². The molecule has 0 amide bonds. The molecule has 3 aliphatic rings. The van der Waals surface area contributed by atoms with Gasteiger partial charge >= 0.3 is 0 Å². The predicted molar refractivity (Wildman–Crippen MR) is 120 cm³/mol. The van der Waals surface area contributed by atoms with Crippen LogP contribution >= 0.6 is 0 Å². The third kappa shape index (κ3) is 3.90. The number of benzene rings is 1. The molecule has 0 bridgehead atoms. The number of carbonyl (C=O) groups excluding carboxylic acids is 2. The van der Waals surface area contributed by atoms with Crippen molar-refractivity contribution in [3.05, 3.63) is 46.3 Å². The van der Waals surface area contributed by atoms with Gasteiger partial charge in [-0.05, 0) is 71.1 Å². The summed E-state index contributed by atoms with van der Waals surface area (Å²) in [6.07, 6.45) is 4.67. The normalized spacial score (nSPS) is 19.7. The Bertz CT molecular complexity index is 912. The first-order valence-electron chi connectivity index (χ1n) is 11.7. The van der Waals surface area contributed by atoms with Crippen molar-refractivity contribution in [2.45, 2.75) is 78.2 Å². The second kappa shape index (κ2) is 8.89. The number of hydrogen-bond acceptors (Lipinski definition) is 5. The standard InChI is InChI=1S/C26H33NO4/c1-5-27-18-9-7-11-20(28)25(18)24(26-19(27)10-8-12-21(26)29)17-13-14-22(31-16(3)4)23(15-17)30-6-2/h13-16,24H,5-12H2,1-4H3. The first kappa shape index (κ1) is 21.7. The molecule has 0 aromatic heterocycles. The highest BCUT2D eigenvalue weighted by atomic mass is 16.5. The largest absolute Gasteiger partial charge is 0.490 e. The van der Waals surface area contributed by atoms with E-state index in [1.807, 2.05) is 39.0 Å². The summed E-state index contributed by atoms with van der Waals surface area (Å²) in [5.74, 6) is 1.41. The summed E-state index contributed by atoms with van der Waals surface area (Å²) in [5.41, 5.74) is 4.83. The molecule has 1 aromatic rings. The van der Waals surface area contributed by atoms with Crippen LogP contribution in [-0.4, -0.2) is 35.7 Å². The Labute approximate surface area is 185 Å². The van der Waals surface area contributed by atoms with Crippen LogP contribution in [0.1, 0.15) is 77.7 Å². The lowest BCUT2D eigenvalue weighted by Gasteiger charge is -2.43. The first-order chi connectivity index (χ1) is 15.0. The van der Waals surface area contributed by atoms with E-state index in [1.54, 1.807) is 0 Å². The number of hydrogen-bond donors (Lipinski definition) is 0. The molecule has 0 radical (unpaired) electrons. The Morgan fingerprint density at radius 2 is 1.55 bits per heavy atom. The monoisotopic (exact) mass is 423 g/mol. The van der Waals surface area contributed by atoms with Gasteiger partial charge in [0.05, 0.1) is 12.7 Å². The fourth-order valence-corrected chi connectivity index (χ4v) is 5.26. The minimum absolute atomic E-state index is 0.0290. The van der Waals surface area contributed by atoms with Crippen LogP contribution in [0.15, 0.2) is 40.7 Å². The zero-order chi connectivity index (χ0) is 22.1. The van der Waals surface area contributed by atoms with E-state index in [2.05, 4.69) is 11.8 Å². The molecule has 0 atom stereocenters. The highest BCUT2D eigenvalue weighted by molar-refractivity contribution is 6.06. The van der Waals surface area contributed by atoms with Crippen LogP contribution in [0.25, 0.3) is 0 Å². The number of ketones is 2. The molecular weight excluding hydrogens is 390 g/mol. The van der Waals surface area contributed by atoms with Gasteiger partial charge in [-0.25, -0.2) is 0 Å². The van der Waals surface area contributed by atoms with E-state index in [0.29, 0.717) is 30.9 Å². The molecule has 166 valence electrons. The van der Waals surface area contributed by atoms with Crippen molar-refractivity contribution in [2.24, 2.45) is 0 Å². The minimum atomic E-state index is -0.305. The molecule has 0 spiro atoms. The van der Waals surface area contributed by atoms with Gasteiger partial charge in [-0.1, -0.05) is 6.07 Å². The van der Waals surface area contributed by atoms with E-state index in [0.717, 1.165) is 60.3 Å². The summed E-state index contributed by atoms with van der Waals surface area (Å²) in [4.78, 5) is 28.7. The molecule has 0 saturated carbocycles. The average molecular weight is 424 g/mol. The maximum absolute atomic E-state index is 13.2. The van der Waals surface area contributed by atoms with Gasteiger partial charge in [-0.3, -0.25) is 9.59 Å². The van der Waals surface area contributed by atoms with Crippen molar-refractivity contribution in [3.63, 3.8) is 0 Å². The molecule has 0 fully saturated rings. The number of ether oxygens (including phenoxy) is 2. The molecule has 0 saturated heterocycles. The number of allylic oxidation sites excluding steroid dienone is 4. The molecule has 0 unspecified atom stereocenters. The van der Waals surface area contributed by atoms with Crippen molar-refractivity contribution < 1.29 is 19.1 Å². The van der Waals surface area contributed by atoms with Gasteiger partial charge < -0.3 is 14.4 Å². The molecule has 5 nitrogen and oxygen atoms in total. The fourth-order valence-electron chi connectivity index (χ4n) is 5.26. The zero-order valence-corrected chi connectivity index (χ0v) is 19.1. The topological polar surface area (TPSA) is 55.8 Å². The van der Waals surface area contributed by atoms with E-state index in [-0.39, 0.29) is 23.6 Å². The molecule has 31 heavy (non-hydrogen) atoms. The molecule has 5 heteroatoms. The molecular formula is C26H33NO4. The van der Waals surface area contributed by atoms with Crippen molar-refractivity contribution >= 4 is 11.6 Å². The van der Waals surface area contributed by atoms with Gasteiger partial charge in [0.2, 0.25) is 0 Å². The maximum atomic E-state index is 13.2. The summed E-state index contributed by atoms with van der Waals surface area (Å²) >= 11 is 0. The second-order valence-corrected chi connectivity index (χ2v) is 8.76. The highest BCUT2D eigenvalue weighted by Gasteiger charge is 2.43. The second-order valence-electron chi connectivity index (χ2n) is 8.76. The van der Waals surface area contributed by atoms with E-state index in [1.165, 1.54) is 0 Å². The number of nitrogens with zero attached hydrogens (tertiary/aromatic N) is 1. The lowest BCUT2D eigenvalue weighted by molar-refractivity contribution is -0.117. The zero-order valence-electron chi connectivity index (χ0n) is 19.1. The molecule has 1 heterocycles. The molecule has 2 aliphatic carbocycles. The lowest BCUT2D eigenvalue weighted by atomic mass is 9.71. The van der Waals surface area contributed by atoms with Crippen LogP contribution in [0.3, 0.4) is 0 Å². The van der Waals surface area contributed by atoms with Crippen LogP contribution in [-0.2, 0) is 9.59 Å². The Hall–Kier alpha value is -2.56. The molecule has 4 rings (SSSR count). The Kier molecular flexibility index (Phi) is 6.22. The van der Waals surface area contributed by atoms with Crippen LogP contribution in [0, 0.1) is 0 Å². The van der Waals surface area contributed by atoms with E-state index in [9.17, 15) is 9.59 Å². The Morgan fingerprint density at radius 3 is 2.06 bits per heavy atom. The van der Waals surface area contributed by atoms with Crippen LogP contribution < -0.4 is 9.47 Å². The quantitative estimate of drug-likeness (QED) is 0.621. The summed E-state index contributed by atoms with van der Waals surface area (Å²) < 4.78 is 11.8. The van der Waals surface area contributed by atoms with Crippen LogP contribution in [0.2, 0.25) is 0 Å². The Morgan fingerprint density at radius 1 is 0.935 bits per heavy atom. The fraction of sp³-hybridized carbons (Fsp3) is 0.538. The smallest absolute Gasteiger partial charge is 0.161 e. The SMILES string of the molecule is CCOc1cc(C2C3=C(CCCC3=O)N(CC)C3=C2C(=O)CCC3)ccc1OC(C)C. The van der Waals surface area contributed by atoms with Gasteiger partial charge in [0, 0.05) is 47.8 Å². The van der Waals surface area contributed by atoms with Crippen LogP contribution in [0.4, 0.5) is 0 Å². The predicted octanol–water partition coefficient (Wildman–Crippen LogP) is 5.31. The number of carbonyl (C=O) groups is 2. The lowest BCUT2D eigenvalue weighted by Crippen LogP contribution is -2.39. The van der Waals surface area contributed by atoms with E-state index < -0.39 is 0 Å². The molecule has 1 aliphatic heterocycles.